The molecule has 7 nitrogen and oxygen atoms in total. The van der Waals surface area contributed by atoms with Crippen LogP contribution in [0.1, 0.15) is 16.7 Å². The molecule has 0 aliphatic carbocycles. The standard InChI is InChI=1S/C23H22N6OS/c1-17-13-20(31-23-25-9-4-10-26-23)7-8-21(17)28-22(30)27-14-18-5-2-3-6-19(18)15-29-12-11-24-16-29/h2-13,16H,14-15H2,1H3,(H2,27,28,30). The second kappa shape index (κ2) is 9.90. The molecule has 4 aromatic rings. The van der Waals surface area contributed by atoms with Crippen LogP contribution in [0.25, 0.3) is 0 Å². The first-order valence-corrected chi connectivity index (χ1v) is 10.6. The molecular formula is C23H22N6OS. The van der Waals surface area contributed by atoms with E-state index in [-0.39, 0.29) is 6.03 Å². The average molecular weight is 431 g/mol. The molecule has 8 heteroatoms. The number of hydrogen-bond acceptors (Lipinski definition) is 5. The average Bonchev–Trinajstić information content (AvgIpc) is 3.29. The highest BCUT2D eigenvalue weighted by molar-refractivity contribution is 7.99. The Labute approximate surface area is 185 Å². The van der Waals surface area contributed by atoms with Crippen LogP contribution in [0, 0.1) is 6.92 Å². The fraction of sp³-hybridized carbons (Fsp3) is 0.130. The Bertz CT molecular complexity index is 1150. The van der Waals surface area contributed by atoms with Gasteiger partial charge in [0.15, 0.2) is 5.16 Å². The first-order valence-electron chi connectivity index (χ1n) is 9.80. The molecular weight excluding hydrogens is 408 g/mol. The van der Waals surface area contributed by atoms with Crippen LogP contribution in [-0.4, -0.2) is 25.6 Å². The van der Waals surface area contributed by atoms with Crippen LogP contribution >= 0.6 is 11.8 Å². The number of aromatic nitrogens is 4. The zero-order valence-corrected chi connectivity index (χ0v) is 17.8. The number of urea groups is 1. The maximum Gasteiger partial charge on any atom is 0.319 e. The summed E-state index contributed by atoms with van der Waals surface area (Å²) in [5.74, 6) is 0. The molecule has 2 N–H and O–H groups in total. The smallest absolute Gasteiger partial charge is 0.319 e. The molecule has 0 saturated carbocycles. The fourth-order valence-corrected chi connectivity index (χ4v) is 3.90. The molecule has 0 spiro atoms. The summed E-state index contributed by atoms with van der Waals surface area (Å²) in [6, 6.07) is 15.5. The molecule has 156 valence electrons. The summed E-state index contributed by atoms with van der Waals surface area (Å²) in [6.07, 6.45) is 8.90. The number of aryl methyl sites for hydroxylation is 1. The lowest BCUT2D eigenvalue weighted by Crippen LogP contribution is -2.29. The number of nitrogens with one attached hydrogen (secondary N) is 2. The van der Waals surface area contributed by atoms with Crippen LogP contribution < -0.4 is 10.6 Å². The van der Waals surface area contributed by atoms with E-state index in [1.54, 1.807) is 31.0 Å². The van der Waals surface area contributed by atoms with Crippen molar-refractivity contribution in [2.45, 2.75) is 30.1 Å². The summed E-state index contributed by atoms with van der Waals surface area (Å²) >= 11 is 1.48. The van der Waals surface area contributed by atoms with Crippen molar-refractivity contribution in [1.82, 2.24) is 24.8 Å². The summed E-state index contributed by atoms with van der Waals surface area (Å²) < 4.78 is 2.00. The Morgan fingerprint density at radius 1 is 1.03 bits per heavy atom. The van der Waals surface area contributed by atoms with Gasteiger partial charge in [-0.3, -0.25) is 0 Å². The van der Waals surface area contributed by atoms with Gasteiger partial charge in [-0.15, -0.1) is 0 Å². The maximum absolute atomic E-state index is 12.5. The summed E-state index contributed by atoms with van der Waals surface area (Å²) in [5.41, 5.74) is 3.94. The van der Waals surface area contributed by atoms with Crippen molar-refractivity contribution in [2.75, 3.05) is 5.32 Å². The Kier molecular flexibility index (Phi) is 6.59. The second-order valence-corrected chi connectivity index (χ2v) is 7.96. The molecule has 0 aliphatic rings. The molecule has 0 unspecified atom stereocenters. The van der Waals surface area contributed by atoms with Crippen molar-refractivity contribution in [3.63, 3.8) is 0 Å². The van der Waals surface area contributed by atoms with Gasteiger partial charge >= 0.3 is 6.03 Å². The summed E-state index contributed by atoms with van der Waals surface area (Å²) in [4.78, 5) is 26.0. The van der Waals surface area contributed by atoms with Gasteiger partial charge < -0.3 is 15.2 Å². The molecule has 0 bridgehead atoms. The van der Waals surface area contributed by atoms with E-state index >= 15 is 0 Å². The highest BCUT2D eigenvalue weighted by atomic mass is 32.2. The third-order valence-electron chi connectivity index (χ3n) is 4.67. The lowest BCUT2D eigenvalue weighted by molar-refractivity contribution is 0.251. The van der Waals surface area contributed by atoms with E-state index in [2.05, 4.69) is 31.7 Å². The summed E-state index contributed by atoms with van der Waals surface area (Å²) in [6.45, 7) is 3.11. The van der Waals surface area contributed by atoms with Gasteiger partial charge in [0.25, 0.3) is 0 Å². The van der Waals surface area contributed by atoms with E-state index in [1.165, 1.54) is 11.8 Å². The highest BCUT2D eigenvalue weighted by Crippen LogP contribution is 2.27. The van der Waals surface area contributed by atoms with Crippen molar-refractivity contribution in [3.05, 3.63) is 96.3 Å². The van der Waals surface area contributed by atoms with Gasteiger partial charge in [0.1, 0.15) is 0 Å². The van der Waals surface area contributed by atoms with Crippen molar-refractivity contribution in [1.29, 1.82) is 0 Å². The monoisotopic (exact) mass is 430 g/mol. The number of imidazole rings is 1. The van der Waals surface area contributed by atoms with Gasteiger partial charge in [0.05, 0.1) is 6.33 Å². The number of carbonyl (C=O) groups excluding carboxylic acids is 1. The van der Waals surface area contributed by atoms with Gasteiger partial charge in [0.2, 0.25) is 0 Å². The Morgan fingerprint density at radius 2 is 1.84 bits per heavy atom. The van der Waals surface area contributed by atoms with E-state index < -0.39 is 0 Å². The largest absolute Gasteiger partial charge is 0.334 e. The van der Waals surface area contributed by atoms with Crippen LogP contribution in [-0.2, 0) is 13.1 Å². The van der Waals surface area contributed by atoms with Crippen LogP contribution in [0.5, 0.6) is 0 Å². The maximum atomic E-state index is 12.5. The molecule has 0 radical (unpaired) electrons. The summed E-state index contributed by atoms with van der Waals surface area (Å²) in [5, 5.41) is 6.57. The lowest BCUT2D eigenvalue weighted by atomic mass is 10.1. The molecule has 2 aromatic heterocycles. The Morgan fingerprint density at radius 3 is 2.58 bits per heavy atom. The number of hydrogen-bond donors (Lipinski definition) is 2. The first-order chi connectivity index (χ1) is 15.2. The zero-order valence-electron chi connectivity index (χ0n) is 17.0. The van der Waals surface area contributed by atoms with E-state index in [4.69, 9.17) is 0 Å². The topological polar surface area (TPSA) is 84.7 Å². The van der Waals surface area contributed by atoms with E-state index in [0.29, 0.717) is 18.2 Å². The minimum absolute atomic E-state index is 0.243. The predicted molar refractivity (Wildman–Crippen MR) is 121 cm³/mol. The summed E-state index contributed by atoms with van der Waals surface area (Å²) in [7, 11) is 0. The van der Waals surface area contributed by atoms with Crippen molar-refractivity contribution in [2.24, 2.45) is 0 Å². The van der Waals surface area contributed by atoms with Gasteiger partial charge in [0, 0.05) is 48.5 Å². The first kappa shape index (κ1) is 20.6. The van der Waals surface area contributed by atoms with Gasteiger partial charge in [-0.25, -0.2) is 19.7 Å². The molecule has 2 amide bonds. The molecule has 2 heterocycles. The van der Waals surface area contributed by atoms with E-state index in [1.807, 2.05) is 54.1 Å². The molecule has 31 heavy (non-hydrogen) atoms. The van der Waals surface area contributed by atoms with Crippen LogP contribution in [0.3, 0.4) is 0 Å². The van der Waals surface area contributed by atoms with E-state index in [0.717, 1.165) is 27.3 Å². The van der Waals surface area contributed by atoms with Gasteiger partial charge in [-0.05, 0) is 59.6 Å². The van der Waals surface area contributed by atoms with Crippen LogP contribution in [0.2, 0.25) is 0 Å². The SMILES string of the molecule is Cc1cc(Sc2ncccn2)ccc1NC(=O)NCc1ccccc1Cn1ccnc1. The molecule has 0 aliphatic heterocycles. The van der Waals surface area contributed by atoms with Gasteiger partial charge in [-0.2, -0.15) is 0 Å². The molecule has 0 fully saturated rings. The molecule has 0 saturated heterocycles. The third kappa shape index (κ3) is 5.70. The number of carbonyl (C=O) groups is 1. The second-order valence-electron chi connectivity index (χ2n) is 6.92. The Hall–Kier alpha value is -3.65. The van der Waals surface area contributed by atoms with Crippen molar-refractivity contribution >= 4 is 23.5 Å². The zero-order chi connectivity index (χ0) is 21.5. The number of anilines is 1. The number of benzene rings is 2. The van der Waals surface area contributed by atoms with Crippen LogP contribution in [0.4, 0.5) is 10.5 Å². The van der Waals surface area contributed by atoms with E-state index in [9.17, 15) is 4.79 Å². The molecule has 2 aromatic carbocycles. The van der Waals surface area contributed by atoms with Gasteiger partial charge in [-0.1, -0.05) is 24.3 Å². The normalized spacial score (nSPS) is 10.6. The quantitative estimate of drug-likeness (QED) is 0.422. The van der Waals surface area contributed by atoms with Crippen molar-refractivity contribution in [3.8, 4) is 0 Å². The third-order valence-corrected chi connectivity index (χ3v) is 5.55. The molecule has 0 atom stereocenters. The number of nitrogens with zero attached hydrogens (tertiary/aromatic N) is 4. The van der Waals surface area contributed by atoms with Crippen LogP contribution in [0.15, 0.2) is 89.7 Å². The molecule has 4 rings (SSSR count). The highest BCUT2D eigenvalue weighted by Gasteiger charge is 2.08. The fourth-order valence-electron chi connectivity index (χ4n) is 3.09. The minimum Gasteiger partial charge on any atom is -0.334 e. The Balaban J connectivity index is 1.35. The lowest BCUT2D eigenvalue weighted by Gasteiger charge is -2.13. The minimum atomic E-state index is -0.243. The predicted octanol–water partition coefficient (Wildman–Crippen LogP) is 4.50. The number of rotatable bonds is 7. The number of amides is 2. The van der Waals surface area contributed by atoms with Crippen molar-refractivity contribution < 1.29 is 4.79 Å².